The van der Waals surface area contributed by atoms with Gasteiger partial charge in [-0.05, 0) is 24.3 Å². The van der Waals surface area contributed by atoms with Crippen molar-refractivity contribution in [1.29, 1.82) is 0 Å². The van der Waals surface area contributed by atoms with Crippen LogP contribution in [0.4, 0.5) is 5.69 Å². The molecular weight excluding hydrogens is 404 g/mol. The molecule has 3 aromatic rings. The van der Waals surface area contributed by atoms with Gasteiger partial charge in [0.1, 0.15) is 6.54 Å². The van der Waals surface area contributed by atoms with E-state index in [0.717, 1.165) is 0 Å². The molecule has 160 valence electrons. The minimum atomic E-state index is -0.666. The Kier molecular flexibility index (Phi) is 6.35. The number of fused-ring (bicyclic) bond motifs is 1. The zero-order chi connectivity index (χ0) is 22.5. The SMILES string of the molecule is COC(=O)c1cc(NC(=O)Cn2cc(C(=O)OC)c3ccccc32)cc(C(=O)OC)c1. The molecule has 1 N–H and O–H groups in total. The molecule has 1 heterocycles. The standard InChI is InChI=1S/C22H20N2O7/c1-29-20(26)13-8-14(21(27)30-2)10-15(9-13)23-19(25)12-24-11-17(22(28)31-3)16-6-4-5-7-18(16)24/h4-11H,12H2,1-3H3,(H,23,25). The number of carbonyl (C=O) groups is 4. The van der Waals surface area contributed by atoms with Crippen LogP contribution >= 0.6 is 0 Å². The molecule has 0 atom stereocenters. The summed E-state index contributed by atoms with van der Waals surface area (Å²) in [5.41, 5.74) is 1.40. The van der Waals surface area contributed by atoms with Crippen molar-refractivity contribution in [2.45, 2.75) is 6.54 Å². The lowest BCUT2D eigenvalue weighted by Crippen LogP contribution is -2.19. The van der Waals surface area contributed by atoms with Gasteiger partial charge in [-0.25, -0.2) is 14.4 Å². The first-order valence-corrected chi connectivity index (χ1v) is 9.15. The second kappa shape index (κ2) is 9.12. The Bertz CT molecular complexity index is 1150. The number of anilines is 1. The fraction of sp³-hybridized carbons (Fsp3) is 0.182. The number of carbonyl (C=O) groups excluding carboxylic acids is 4. The maximum Gasteiger partial charge on any atom is 0.340 e. The highest BCUT2D eigenvalue weighted by Gasteiger charge is 2.18. The Morgan fingerprint density at radius 3 is 2.00 bits per heavy atom. The van der Waals surface area contributed by atoms with E-state index < -0.39 is 23.8 Å². The second-order valence-electron chi connectivity index (χ2n) is 6.51. The van der Waals surface area contributed by atoms with Crippen molar-refractivity contribution in [2.24, 2.45) is 0 Å². The number of rotatable bonds is 6. The summed E-state index contributed by atoms with van der Waals surface area (Å²) in [5, 5.41) is 3.31. The van der Waals surface area contributed by atoms with Gasteiger partial charge >= 0.3 is 17.9 Å². The minimum Gasteiger partial charge on any atom is -0.465 e. The van der Waals surface area contributed by atoms with Crippen LogP contribution in [0.1, 0.15) is 31.1 Å². The van der Waals surface area contributed by atoms with Crippen LogP contribution in [0.5, 0.6) is 0 Å². The summed E-state index contributed by atoms with van der Waals surface area (Å²) in [6, 6.07) is 11.2. The zero-order valence-electron chi connectivity index (χ0n) is 17.1. The molecule has 0 spiro atoms. The number of hydrogen-bond donors (Lipinski definition) is 1. The van der Waals surface area contributed by atoms with Crippen molar-refractivity contribution < 1.29 is 33.4 Å². The van der Waals surface area contributed by atoms with E-state index >= 15 is 0 Å². The van der Waals surface area contributed by atoms with Crippen molar-refractivity contribution in [3.05, 3.63) is 65.4 Å². The molecule has 0 unspecified atom stereocenters. The number of amides is 1. The van der Waals surface area contributed by atoms with E-state index in [2.05, 4.69) is 5.32 Å². The van der Waals surface area contributed by atoms with Crippen molar-refractivity contribution >= 4 is 40.4 Å². The van der Waals surface area contributed by atoms with E-state index in [-0.39, 0.29) is 23.4 Å². The second-order valence-corrected chi connectivity index (χ2v) is 6.51. The number of aromatic nitrogens is 1. The highest BCUT2D eigenvalue weighted by molar-refractivity contribution is 6.05. The van der Waals surface area contributed by atoms with Gasteiger partial charge in [0.15, 0.2) is 0 Å². The molecular formula is C22H20N2O7. The fourth-order valence-corrected chi connectivity index (χ4v) is 3.18. The summed E-state index contributed by atoms with van der Waals surface area (Å²) < 4.78 is 15.8. The van der Waals surface area contributed by atoms with Crippen LogP contribution in [0, 0.1) is 0 Å². The first-order valence-electron chi connectivity index (χ1n) is 9.15. The lowest BCUT2D eigenvalue weighted by atomic mass is 10.1. The number of hydrogen-bond acceptors (Lipinski definition) is 7. The van der Waals surface area contributed by atoms with Gasteiger partial charge in [-0.1, -0.05) is 18.2 Å². The van der Waals surface area contributed by atoms with Gasteiger partial charge in [-0.3, -0.25) is 4.79 Å². The first kappa shape index (κ1) is 21.6. The predicted molar refractivity (Wildman–Crippen MR) is 111 cm³/mol. The molecule has 3 rings (SSSR count). The van der Waals surface area contributed by atoms with Gasteiger partial charge < -0.3 is 24.1 Å². The van der Waals surface area contributed by atoms with Crippen LogP contribution in [-0.2, 0) is 25.5 Å². The molecule has 0 saturated carbocycles. The molecule has 9 heteroatoms. The number of nitrogens with zero attached hydrogens (tertiary/aromatic N) is 1. The summed E-state index contributed by atoms with van der Waals surface area (Å²) in [6.45, 7) is -0.118. The summed E-state index contributed by atoms with van der Waals surface area (Å²) in [5.74, 6) is -2.28. The number of methoxy groups -OCH3 is 3. The lowest BCUT2D eigenvalue weighted by Gasteiger charge is -2.10. The van der Waals surface area contributed by atoms with Crippen LogP contribution in [0.25, 0.3) is 10.9 Å². The molecule has 0 aliphatic heterocycles. The topological polar surface area (TPSA) is 113 Å². The lowest BCUT2D eigenvalue weighted by molar-refractivity contribution is -0.116. The smallest absolute Gasteiger partial charge is 0.340 e. The number of benzene rings is 2. The number of esters is 3. The largest absolute Gasteiger partial charge is 0.465 e. The Morgan fingerprint density at radius 1 is 0.839 bits per heavy atom. The third-order valence-corrected chi connectivity index (χ3v) is 4.57. The Hall–Kier alpha value is -4.14. The molecule has 0 bridgehead atoms. The van der Waals surface area contributed by atoms with Gasteiger partial charge in [0.05, 0.1) is 38.0 Å². The van der Waals surface area contributed by atoms with E-state index in [1.807, 2.05) is 0 Å². The highest BCUT2D eigenvalue weighted by atomic mass is 16.5. The molecule has 1 aromatic heterocycles. The molecule has 0 radical (unpaired) electrons. The van der Waals surface area contributed by atoms with Gasteiger partial charge in [-0.2, -0.15) is 0 Å². The molecule has 1 amide bonds. The third kappa shape index (κ3) is 4.55. The normalized spacial score (nSPS) is 10.4. The van der Waals surface area contributed by atoms with Crippen molar-refractivity contribution in [2.75, 3.05) is 26.6 Å². The van der Waals surface area contributed by atoms with Gasteiger partial charge in [0.25, 0.3) is 0 Å². The number of ether oxygens (including phenoxy) is 3. The Balaban J connectivity index is 1.90. The molecule has 0 aliphatic rings. The van der Waals surface area contributed by atoms with Crippen LogP contribution < -0.4 is 5.32 Å². The average molecular weight is 424 g/mol. The summed E-state index contributed by atoms with van der Waals surface area (Å²) in [4.78, 5) is 48.6. The Morgan fingerprint density at radius 2 is 1.42 bits per heavy atom. The quantitative estimate of drug-likeness (QED) is 0.478. The number of nitrogens with one attached hydrogen (secondary N) is 1. The maximum atomic E-state index is 12.7. The molecule has 2 aromatic carbocycles. The third-order valence-electron chi connectivity index (χ3n) is 4.57. The average Bonchev–Trinajstić information content (AvgIpc) is 3.15. The fourth-order valence-electron chi connectivity index (χ4n) is 3.18. The zero-order valence-corrected chi connectivity index (χ0v) is 17.1. The van der Waals surface area contributed by atoms with Crippen molar-refractivity contribution in [1.82, 2.24) is 4.57 Å². The van der Waals surface area contributed by atoms with E-state index in [0.29, 0.717) is 16.5 Å². The van der Waals surface area contributed by atoms with Crippen LogP contribution in [-0.4, -0.2) is 49.7 Å². The monoisotopic (exact) mass is 424 g/mol. The summed E-state index contributed by atoms with van der Waals surface area (Å²) in [7, 11) is 3.71. The summed E-state index contributed by atoms with van der Waals surface area (Å²) >= 11 is 0. The summed E-state index contributed by atoms with van der Waals surface area (Å²) in [6.07, 6.45) is 1.54. The van der Waals surface area contributed by atoms with Crippen LogP contribution in [0.2, 0.25) is 0 Å². The highest BCUT2D eigenvalue weighted by Crippen LogP contribution is 2.23. The van der Waals surface area contributed by atoms with E-state index in [4.69, 9.17) is 14.2 Å². The first-order chi connectivity index (χ1) is 14.9. The van der Waals surface area contributed by atoms with Gasteiger partial charge in [0.2, 0.25) is 5.91 Å². The predicted octanol–water partition coefficient (Wildman–Crippen LogP) is 2.64. The molecule has 31 heavy (non-hydrogen) atoms. The van der Waals surface area contributed by atoms with Gasteiger partial charge in [0, 0.05) is 22.8 Å². The van der Waals surface area contributed by atoms with Gasteiger partial charge in [-0.15, -0.1) is 0 Å². The van der Waals surface area contributed by atoms with Crippen molar-refractivity contribution in [3.8, 4) is 0 Å². The van der Waals surface area contributed by atoms with Crippen molar-refractivity contribution in [3.63, 3.8) is 0 Å². The van der Waals surface area contributed by atoms with Crippen LogP contribution in [0.15, 0.2) is 48.7 Å². The minimum absolute atomic E-state index is 0.0834. The molecule has 9 nitrogen and oxygen atoms in total. The Labute approximate surface area is 177 Å². The van der Waals surface area contributed by atoms with E-state index in [1.54, 1.807) is 35.0 Å². The molecule has 0 fully saturated rings. The molecule has 0 aliphatic carbocycles. The molecule has 0 saturated heterocycles. The maximum absolute atomic E-state index is 12.7. The van der Waals surface area contributed by atoms with E-state index in [1.165, 1.54) is 39.5 Å². The van der Waals surface area contributed by atoms with E-state index in [9.17, 15) is 19.2 Å². The van der Waals surface area contributed by atoms with Crippen LogP contribution in [0.3, 0.4) is 0 Å². The number of para-hydroxylation sites is 1.